The van der Waals surface area contributed by atoms with Crippen molar-refractivity contribution in [3.63, 3.8) is 0 Å². The molecule has 0 aliphatic heterocycles. The van der Waals surface area contributed by atoms with Gasteiger partial charge in [-0.15, -0.1) is 0 Å². The van der Waals surface area contributed by atoms with Gasteiger partial charge in [0.1, 0.15) is 0 Å². The lowest BCUT2D eigenvalue weighted by Gasteiger charge is -2.14. The second kappa shape index (κ2) is 7.54. The van der Waals surface area contributed by atoms with Crippen LogP contribution in [-0.2, 0) is 17.1 Å². The first-order valence-electron chi connectivity index (χ1n) is 8.46. The van der Waals surface area contributed by atoms with Crippen molar-refractivity contribution in [2.24, 2.45) is 7.05 Å². The zero-order valence-corrected chi connectivity index (χ0v) is 16.2. The van der Waals surface area contributed by atoms with Crippen LogP contribution in [0, 0.1) is 5.82 Å². The number of hydrogen-bond acceptors (Lipinski definition) is 4. The molecule has 2 aromatic carbocycles. The third-order valence-electron chi connectivity index (χ3n) is 4.14. The molecule has 1 heterocycles. The van der Waals surface area contributed by atoms with E-state index in [2.05, 4.69) is 9.82 Å². The Labute approximate surface area is 164 Å². The Morgan fingerprint density at radius 2 is 1.93 bits per heavy atom. The molecule has 3 rings (SSSR count). The SMILES string of the molecule is CCS(=O)(=O)Nc1nn(C)c2cc(-c3cccc(F)c3OCC(F)(F)F)ccc12. The predicted octanol–water partition coefficient (Wildman–Crippen LogP) is 4.08. The second-order valence-electron chi connectivity index (χ2n) is 6.23. The van der Waals surface area contributed by atoms with E-state index >= 15 is 0 Å². The molecule has 0 radical (unpaired) electrons. The third kappa shape index (κ3) is 4.61. The van der Waals surface area contributed by atoms with Gasteiger partial charge in [-0.3, -0.25) is 9.40 Å². The maximum atomic E-state index is 14.1. The van der Waals surface area contributed by atoms with Gasteiger partial charge in [-0.1, -0.05) is 18.2 Å². The summed E-state index contributed by atoms with van der Waals surface area (Å²) in [6.07, 6.45) is -4.61. The van der Waals surface area contributed by atoms with Crippen LogP contribution in [-0.4, -0.2) is 36.7 Å². The maximum Gasteiger partial charge on any atom is 0.422 e. The van der Waals surface area contributed by atoms with Crippen LogP contribution in [0.1, 0.15) is 6.92 Å². The first-order chi connectivity index (χ1) is 13.5. The van der Waals surface area contributed by atoms with Gasteiger partial charge in [0, 0.05) is 18.0 Å². The Balaban J connectivity index is 2.06. The number of halogens is 4. The number of rotatable bonds is 6. The van der Waals surface area contributed by atoms with Crippen molar-refractivity contribution in [1.29, 1.82) is 0 Å². The summed E-state index contributed by atoms with van der Waals surface area (Å²) in [7, 11) is -1.96. The smallest absolute Gasteiger partial charge is 0.422 e. The number of sulfonamides is 1. The van der Waals surface area contributed by atoms with Crippen LogP contribution in [0.3, 0.4) is 0 Å². The van der Waals surface area contributed by atoms with Crippen molar-refractivity contribution in [1.82, 2.24) is 9.78 Å². The molecule has 0 aliphatic carbocycles. The fraction of sp³-hybridized carbons (Fsp3) is 0.278. The first kappa shape index (κ1) is 20.9. The Morgan fingerprint density at radius 3 is 2.59 bits per heavy atom. The molecule has 0 bridgehead atoms. The zero-order valence-electron chi connectivity index (χ0n) is 15.4. The molecule has 156 valence electrons. The van der Waals surface area contributed by atoms with Crippen LogP contribution in [0.15, 0.2) is 36.4 Å². The Hall–Kier alpha value is -2.82. The molecule has 1 aromatic heterocycles. The van der Waals surface area contributed by atoms with Crippen LogP contribution in [0.25, 0.3) is 22.0 Å². The van der Waals surface area contributed by atoms with E-state index in [9.17, 15) is 26.0 Å². The molecule has 0 atom stereocenters. The van der Waals surface area contributed by atoms with E-state index in [-0.39, 0.29) is 17.1 Å². The van der Waals surface area contributed by atoms with Gasteiger partial charge in [0.05, 0.1) is 11.3 Å². The first-order valence-corrected chi connectivity index (χ1v) is 10.1. The zero-order chi connectivity index (χ0) is 21.4. The van der Waals surface area contributed by atoms with E-state index in [0.717, 1.165) is 6.07 Å². The molecule has 0 amide bonds. The van der Waals surface area contributed by atoms with Crippen molar-refractivity contribution >= 4 is 26.7 Å². The minimum atomic E-state index is -4.61. The van der Waals surface area contributed by atoms with Crippen molar-refractivity contribution in [3.05, 3.63) is 42.2 Å². The maximum absolute atomic E-state index is 14.1. The molecular weight excluding hydrogens is 414 g/mol. The molecule has 0 spiro atoms. The second-order valence-corrected chi connectivity index (χ2v) is 8.24. The van der Waals surface area contributed by atoms with Crippen molar-refractivity contribution < 1.29 is 30.7 Å². The molecule has 0 saturated heterocycles. The lowest BCUT2D eigenvalue weighted by atomic mass is 10.0. The van der Waals surface area contributed by atoms with Crippen LogP contribution >= 0.6 is 0 Å². The molecule has 1 N–H and O–H groups in total. The number of alkyl halides is 3. The summed E-state index contributed by atoms with van der Waals surface area (Å²) in [5, 5.41) is 4.63. The Bertz CT molecular complexity index is 1160. The Morgan fingerprint density at radius 1 is 1.21 bits per heavy atom. The van der Waals surface area contributed by atoms with Crippen molar-refractivity contribution in [2.75, 3.05) is 17.1 Å². The van der Waals surface area contributed by atoms with Gasteiger partial charge in [-0.25, -0.2) is 12.8 Å². The highest BCUT2D eigenvalue weighted by atomic mass is 32.2. The Kier molecular flexibility index (Phi) is 5.44. The van der Waals surface area contributed by atoms with Gasteiger partial charge in [-0.2, -0.15) is 18.3 Å². The monoisotopic (exact) mass is 431 g/mol. The lowest BCUT2D eigenvalue weighted by Crippen LogP contribution is -2.20. The van der Waals surface area contributed by atoms with E-state index in [1.807, 2.05) is 0 Å². The number of nitrogens with one attached hydrogen (secondary N) is 1. The number of nitrogens with zero attached hydrogens (tertiary/aromatic N) is 2. The highest BCUT2D eigenvalue weighted by molar-refractivity contribution is 7.92. The van der Waals surface area contributed by atoms with Crippen LogP contribution in [0.2, 0.25) is 0 Å². The summed E-state index contributed by atoms with van der Waals surface area (Å²) in [5.41, 5.74) is 1.03. The number of hydrogen-bond donors (Lipinski definition) is 1. The normalized spacial score (nSPS) is 12.3. The third-order valence-corrected chi connectivity index (χ3v) is 5.41. The topological polar surface area (TPSA) is 73.2 Å². The van der Waals surface area contributed by atoms with Gasteiger partial charge < -0.3 is 4.74 Å². The molecule has 0 saturated carbocycles. The molecule has 29 heavy (non-hydrogen) atoms. The molecule has 6 nitrogen and oxygen atoms in total. The number of fused-ring (bicyclic) bond motifs is 1. The van der Waals surface area contributed by atoms with Gasteiger partial charge in [0.15, 0.2) is 24.0 Å². The number of para-hydroxylation sites is 1. The molecule has 3 aromatic rings. The fourth-order valence-electron chi connectivity index (χ4n) is 2.76. The summed E-state index contributed by atoms with van der Waals surface area (Å²) in [4.78, 5) is 0. The summed E-state index contributed by atoms with van der Waals surface area (Å²) in [5.74, 6) is -1.44. The van der Waals surface area contributed by atoms with Gasteiger partial charge in [0.2, 0.25) is 10.0 Å². The van der Waals surface area contributed by atoms with Gasteiger partial charge in [-0.05, 0) is 30.7 Å². The standard InChI is InChI=1S/C18H17F4N3O3S/c1-3-29(26,27)24-17-13-8-7-11(9-15(13)25(2)23-17)12-5-4-6-14(19)16(12)28-10-18(20,21)22/h4-9H,3,10H2,1-2H3,(H,23,24). The molecule has 11 heteroatoms. The highest BCUT2D eigenvalue weighted by Crippen LogP contribution is 2.36. The predicted molar refractivity (Wildman–Crippen MR) is 101 cm³/mol. The minimum absolute atomic E-state index is 0.128. The van der Waals surface area contributed by atoms with Crippen molar-refractivity contribution in [3.8, 4) is 16.9 Å². The quantitative estimate of drug-likeness (QED) is 0.597. The van der Waals surface area contributed by atoms with Gasteiger partial charge >= 0.3 is 6.18 Å². The lowest BCUT2D eigenvalue weighted by molar-refractivity contribution is -0.153. The van der Waals surface area contributed by atoms with E-state index in [1.54, 1.807) is 19.2 Å². The van der Waals surface area contributed by atoms with E-state index in [4.69, 9.17) is 4.74 Å². The summed E-state index contributed by atoms with van der Waals surface area (Å²) in [6, 6.07) is 8.47. The average Bonchev–Trinajstić information content (AvgIpc) is 2.94. The fourth-order valence-corrected chi connectivity index (χ4v) is 3.35. The van der Waals surface area contributed by atoms with Crippen LogP contribution < -0.4 is 9.46 Å². The molecular formula is C18H17F4N3O3S. The summed E-state index contributed by atoms with van der Waals surface area (Å²) in [6.45, 7) is -0.143. The summed E-state index contributed by atoms with van der Waals surface area (Å²) < 4.78 is 83.9. The average molecular weight is 431 g/mol. The van der Waals surface area contributed by atoms with Crippen molar-refractivity contribution in [2.45, 2.75) is 13.1 Å². The number of benzene rings is 2. The highest BCUT2D eigenvalue weighted by Gasteiger charge is 2.29. The van der Waals surface area contributed by atoms with Crippen LogP contribution in [0.4, 0.5) is 23.4 Å². The number of anilines is 1. The van der Waals surface area contributed by atoms with E-state index in [0.29, 0.717) is 16.5 Å². The molecule has 0 aliphatic rings. The summed E-state index contributed by atoms with van der Waals surface area (Å²) >= 11 is 0. The van der Waals surface area contributed by atoms with Gasteiger partial charge in [0.25, 0.3) is 0 Å². The number of ether oxygens (including phenoxy) is 1. The molecule has 0 unspecified atom stereocenters. The number of aryl methyl sites for hydroxylation is 1. The van der Waals surface area contributed by atoms with E-state index < -0.39 is 34.4 Å². The minimum Gasteiger partial charge on any atom is -0.480 e. The largest absolute Gasteiger partial charge is 0.480 e. The number of aromatic nitrogens is 2. The van der Waals surface area contributed by atoms with Crippen LogP contribution in [0.5, 0.6) is 5.75 Å². The van der Waals surface area contributed by atoms with E-state index in [1.165, 1.54) is 29.8 Å². The molecule has 0 fully saturated rings.